The minimum atomic E-state index is -3.67. The van der Waals surface area contributed by atoms with Crippen LogP contribution in [0.4, 0.5) is 5.69 Å². The lowest BCUT2D eigenvalue weighted by Gasteiger charge is -2.21. The highest BCUT2D eigenvalue weighted by Gasteiger charge is 2.40. The summed E-state index contributed by atoms with van der Waals surface area (Å²) in [5, 5.41) is 5.83. The van der Waals surface area contributed by atoms with Crippen LogP contribution in [0.2, 0.25) is 0 Å². The van der Waals surface area contributed by atoms with Crippen LogP contribution in [0.3, 0.4) is 0 Å². The Labute approximate surface area is 181 Å². The Morgan fingerprint density at radius 2 is 1.87 bits per heavy atom. The molecular weight excluding hydrogens is 410 g/mol. The minimum Gasteiger partial charge on any atom is -0.380 e. The van der Waals surface area contributed by atoms with Crippen LogP contribution >= 0.6 is 0 Å². The molecule has 0 radical (unpaired) electrons. The minimum absolute atomic E-state index is 0.0211. The molecule has 1 saturated heterocycles. The molecule has 7 nitrogen and oxygen atoms in total. The van der Waals surface area contributed by atoms with E-state index in [-0.39, 0.29) is 17.0 Å². The van der Waals surface area contributed by atoms with Crippen molar-refractivity contribution in [3.05, 3.63) is 85.1 Å². The summed E-state index contributed by atoms with van der Waals surface area (Å²) < 4.78 is 29.6. The van der Waals surface area contributed by atoms with Crippen LogP contribution in [0.1, 0.15) is 11.5 Å². The van der Waals surface area contributed by atoms with Crippen LogP contribution in [0, 0.1) is 0 Å². The monoisotopic (exact) mass is 433 g/mol. The Morgan fingerprint density at radius 3 is 2.65 bits per heavy atom. The van der Waals surface area contributed by atoms with Gasteiger partial charge in [0.05, 0.1) is 6.33 Å². The molecule has 0 aliphatic carbocycles. The number of fused-ring (bicyclic) bond motifs is 1. The molecule has 0 bridgehead atoms. The van der Waals surface area contributed by atoms with Gasteiger partial charge in [-0.05, 0) is 29.1 Å². The van der Waals surface area contributed by atoms with Crippen LogP contribution < -0.4 is 5.32 Å². The molecule has 31 heavy (non-hydrogen) atoms. The van der Waals surface area contributed by atoms with Crippen molar-refractivity contribution in [2.75, 3.05) is 18.4 Å². The number of nitrogens with one attached hydrogen (secondary N) is 1. The molecule has 1 fully saturated rings. The van der Waals surface area contributed by atoms with Crippen molar-refractivity contribution in [1.82, 2.24) is 18.8 Å². The molecular formula is C23H23N5O2S. The Kier molecular flexibility index (Phi) is 4.95. The van der Waals surface area contributed by atoms with E-state index in [2.05, 4.69) is 33.5 Å². The van der Waals surface area contributed by atoms with Crippen molar-refractivity contribution in [2.24, 2.45) is 7.05 Å². The molecule has 1 N–H and O–H groups in total. The molecule has 0 saturated carbocycles. The number of aromatic nitrogens is 3. The summed E-state index contributed by atoms with van der Waals surface area (Å²) >= 11 is 0. The van der Waals surface area contributed by atoms with Crippen LogP contribution in [0.15, 0.2) is 84.5 Å². The number of hydrogen-bond donors (Lipinski definition) is 1. The number of rotatable bonds is 5. The van der Waals surface area contributed by atoms with Crippen molar-refractivity contribution in [2.45, 2.75) is 17.0 Å². The van der Waals surface area contributed by atoms with Gasteiger partial charge >= 0.3 is 0 Å². The van der Waals surface area contributed by atoms with Crippen molar-refractivity contribution < 1.29 is 8.42 Å². The summed E-state index contributed by atoms with van der Waals surface area (Å²) in [6, 6.07) is 18.1. The molecule has 0 amide bonds. The SMILES string of the molecule is Cn1cnc(S(=O)(=O)N2C[C@H](Nc3ccc4cnccc4c3)[C@@H](c3ccccc3)C2)c1. The van der Waals surface area contributed by atoms with E-state index >= 15 is 0 Å². The van der Waals surface area contributed by atoms with Crippen LogP contribution in [0.25, 0.3) is 10.8 Å². The van der Waals surface area contributed by atoms with Gasteiger partial charge in [0, 0.05) is 61.8 Å². The van der Waals surface area contributed by atoms with Gasteiger partial charge < -0.3 is 9.88 Å². The van der Waals surface area contributed by atoms with E-state index in [0.29, 0.717) is 13.1 Å². The van der Waals surface area contributed by atoms with E-state index < -0.39 is 10.0 Å². The van der Waals surface area contributed by atoms with Gasteiger partial charge in [0.15, 0.2) is 5.03 Å². The lowest BCUT2D eigenvalue weighted by Crippen LogP contribution is -2.32. The summed E-state index contributed by atoms with van der Waals surface area (Å²) in [6.45, 7) is 0.769. The lowest BCUT2D eigenvalue weighted by molar-refractivity contribution is 0.468. The predicted octanol–water partition coefficient (Wildman–Crippen LogP) is 3.24. The quantitative estimate of drug-likeness (QED) is 0.523. The first-order valence-electron chi connectivity index (χ1n) is 10.1. The second-order valence-corrected chi connectivity index (χ2v) is 9.79. The highest BCUT2D eigenvalue weighted by molar-refractivity contribution is 7.89. The summed E-state index contributed by atoms with van der Waals surface area (Å²) in [6.07, 6.45) is 6.67. The fourth-order valence-corrected chi connectivity index (χ4v) is 5.65. The molecule has 2 atom stereocenters. The number of benzene rings is 2. The fourth-order valence-electron chi connectivity index (χ4n) is 4.19. The fraction of sp³-hybridized carbons (Fsp3) is 0.217. The number of aryl methyl sites for hydroxylation is 1. The molecule has 2 aromatic carbocycles. The predicted molar refractivity (Wildman–Crippen MR) is 120 cm³/mol. The van der Waals surface area contributed by atoms with Gasteiger partial charge in [-0.15, -0.1) is 0 Å². The zero-order valence-corrected chi connectivity index (χ0v) is 17.9. The second kappa shape index (κ2) is 7.79. The number of pyridine rings is 1. The van der Waals surface area contributed by atoms with E-state index in [1.54, 1.807) is 24.0 Å². The Morgan fingerprint density at radius 1 is 1.03 bits per heavy atom. The van der Waals surface area contributed by atoms with Crippen molar-refractivity contribution in [3.63, 3.8) is 0 Å². The van der Waals surface area contributed by atoms with E-state index in [1.165, 1.54) is 10.6 Å². The van der Waals surface area contributed by atoms with Crippen molar-refractivity contribution in [1.29, 1.82) is 0 Å². The molecule has 5 rings (SSSR count). The van der Waals surface area contributed by atoms with Crippen molar-refractivity contribution in [3.8, 4) is 0 Å². The van der Waals surface area contributed by atoms with Gasteiger partial charge in [0.2, 0.25) is 0 Å². The van der Waals surface area contributed by atoms with E-state index in [0.717, 1.165) is 22.0 Å². The standard InChI is InChI=1S/C23H23N5O2S/c1-27-15-23(25-16-27)31(29,30)28-13-21(17-5-3-2-4-6-17)22(14-28)26-20-8-7-19-12-24-10-9-18(19)11-20/h2-12,15-16,21-22,26H,13-14H2,1H3/t21-,22+/m1/s1. The summed E-state index contributed by atoms with van der Waals surface area (Å²) in [7, 11) is -1.90. The van der Waals surface area contributed by atoms with Crippen molar-refractivity contribution >= 4 is 26.5 Å². The highest BCUT2D eigenvalue weighted by atomic mass is 32.2. The maximum Gasteiger partial charge on any atom is 0.262 e. The first kappa shape index (κ1) is 19.7. The molecule has 1 aliphatic rings. The van der Waals surface area contributed by atoms with Gasteiger partial charge in [-0.25, -0.2) is 13.4 Å². The molecule has 158 valence electrons. The highest BCUT2D eigenvalue weighted by Crippen LogP contribution is 2.33. The molecule has 0 unspecified atom stereocenters. The lowest BCUT2D eigenvalue weighted by atomic mass is 9.94. The van der Waals surface area contributed by atoms with Gasteiger partial charge in [0.1, 0.15) is 0 Å². The summed E-state index contributed by atoms with van der Waals surface area (Å²) in [5.74, 6) is 0.0211. The normalized spacial score (nSPS) is 19.6. The maximum absolute atomic E-state index is 13.2. The third-order valence-electron chi connectivity index (χ3n) is 5.79. The number of anilines is 1. The topological polar surface area (TPSA) is 80.1 Å². The summed E-state index contributed by atoms with van der Waals surface area (Å²) in [4.78, 5) is 8.24. The Bertz CT molecular complexity index is 1320. The zero-order valence-electron chi connectivity index (χ0n) is 17.1. The second-order valence-electron chi connectivity index (χ2n) is 7.91. The van der Waals surface area contributed by atoms with Crippen LogP contribution in [-0.4, -0.2) is 46.4 Å². The van der Waals surface area contributed by atoms with E-state index in [1.807, 2.05) is 42.6 Å². The molecule has 1 aliphatic heterocycles. The average Bonchev–Trinajstić information content (AvgIpc) is 3.42. The van der Waals surface area contributed by atoms with Crippen LogP contribution in [0.5, 0.6) is 0 Å². The largest absolute Gasteiger partial charge is 0.380 e. The third-order valence-corrected chi connectivity index (χ3v) is 7.51. The number of sulfonamides is 1. The number of hydrogen-bond acceptors (Lipinski definition) is 5. The average molecular weight is 434 g/mol. The molecule has 8 heteroatoms. The smallest absolute Gasteiger partial charge is 0.262 e. The third kappa shape index (κ3) is 3.80. The number of nitrogens with zero attached hydrogens (tertiary/aromatic N) is 4. The van der Waals surface area contributed by atoms with Gasteiger partial charge in [-0.1, -0.05) is 36.4 Å². The van der Waals surface area contributed by atoms with Crippen LogP contribution in [-0.2, 0) is 17.1 Å². The zero-order chi connectivity index (χ0) is 21.4. The van der Waals surface area contributed by atoms with Gasteiger partial charge in [-0.2, -0.15) is 4.31 Å². The maximum atomic E-state index is 13.2. The number of imidazole rings is 1. The molecule has 0 spiro atoms. The Hall–Kier alpha value is -3.23. The first-order valence-corrected chi connectivity index (χ1v) is 11.6. The first-order chi connectivity index (χ1) is 15.0. The summed E-state index contributed by atoms with van der Waals surface area (Å²) in [5.41, 5.74) is 2.07. The van der Waals surface area contributed by atoms with Gasteiger partial charge in [0.25, 0.3) is 10.0 Å². The Balaban J connectivity index is 1.47. The molecule has 4 aromatic rings. The molecule has 2 aromatic heterocycles. The van der Waals surface area contributed by atoms with Gasteiger partial charge in [-0.3, -0.25) is 4.98 Å². The van der Waals surface area contributed by atoms with E-state index in [4.69, 9.17) is 0 Å². The van der Waals surface area contributed by atoms with E-state index in [9.17, 15) is 8.42 Å². The molecule has 3 heterocycles.